The van der Waals surface area contributed by atoms with Crippen LogP contribution < -0.4 is 5.32 Å². The molecule has 0 aliphatic heterocycles. The Bertz CT molecular complexity index is 1270. The van der Waals surface area contributed by atoms with Gasteiger partial charge < -0.3 is 5.32 Å². The molecule has 2 aromatic heterocycles. The molecule has 0 radical (unpaired) electrons. The van der Waals surface area contributed by atoms with E-state index in [4.69, 9.17) is 0 Å². The van der Waals surface area contributed by atoms with Crippen LogP contribution in [0.1, 0.15) is 0 Å². The van der Waals surface area contributed by atoms with E-state index in [1.54, 1.807) is 18.5 Å². The highest BCUT2D eigenvalue weighted by Gasteiger charge is 2.46. The van der Waals surface area contributed by atoms with Gasteiger partial charge in [0.15, 0.2) is 11.6 Å². The summed E-state index contributed by atoms with van der Waals surface area (Å²) in [6.45, 7) is 0. The number of benzene rings is 2. The number of aromatic nitrogens is 3. The minimum absolute atomic E-state index is 0.411. The number of anilines is 2. The van der Waals surface area contributed by atoms with Gasteiger partial charge in [0, 0.05) is 29.0 Å². The fourth-order valence-electron chi connectivity index (χ4n) is 2.60. The Balaban J connectivity index is 1.60. The number of halogens is 3. The van der Waals surface area contributed by atoms with Crippen molar-refractivity contribution in [2.75, 3.05) is 5.32 Å². The third-order valence-electron chi connectivity index (χ3n) is 4.03. The predicted octanol–water partition coefficient (Wildman–Crippen LogP) is 4.79. The van der Waals surface area contributed by atoms with Gasteiger partial charge in [-0.25, -0.2) is 18.4 Å². The molecule has 11 heteroatoms. The molecule has 0 atom stereocenters. The zero-order valence-electron chi connectivity index (χ0n) is 14.4. The Kier molecular flexibility index (Phi) is 4.71. The molecular weight excluding hydrogens is 425 g/mol. The molecule has 0 aliphatic carbocycles. The maximum Gasteiger partial charge on any atom is 0.501 e. The van der Waals surface area contributed by atoms with Crippen LogP contribution in [0.4, 0.5) is 24.7 Å². The molecule has 6 nitrogen and oxygen atoms in total. The second kappa shape index (κ2) is 7.08. The molecule has 0 aliphatic rings. The van der Waals surface area contributed by atoms with Crippen LogP contribution in [0.2, 0.25) is 0 Å². The number of rotatable bonds is 4. The first-order valence-electron chi connectivity index (χ1n) is 8.11. The Morgan fingerprint density at radius 3 is 2.31 bits per heavy atom. The summed E-state index contributed by atoms with van der Waals surface area (Å²) in [7, 11) is -5.37. The van der Waals surface area contributed by atoms with Crippen molar-refractivity contribution in [2.45, 2.75) is 10.4 Å². The number of hydrogen-bond donors (Lipinski definition) is 1. The Labute approximate surface area is 167 Å². The van der Waals surface area contributed by atoms with E-state index >= 15 is 0 Å². The van der Waals surface area contributed by atoms with Crippen molar-refractivity contribution in [3.63, 3.8) is 0 Å². The molecule has 148 valence electrons. The summed E-state index contributed by atoms with van der Waals surface area (Å²) < 4.78 is 66.0. The maximum absolute atomic E-state index is 12.6. The van der Waals surface area contributed by atoms with Crippen molar-refractivity contribution >= 4 is 43.0 Å². The van der Waals surface area contributed by atoms with Gasteiger partial charge in [-0.05, 0) is 54.0 Å². The zero-order chi connectivity index (χ0) is 20.6. The molecule has 0 bridgehead atoms. The van der Waals surface area contributed by atoms with Crippen molar-refractivity contribution in [1.82, 2.24) is 14.3 Å². The SMILES string of the molecule is O=S(=O)(c1ccc(Nc2nsc3cc(-c4ncccn4)ccc23)cc1)C(F)(F)F. The van der Waals surface area contributed by atoms with Crippen LogP contribution in [0, 0.1) is 0 Å². The fraction of sp³-hybridized carbons (Fsp3) is 0.0556. The van der Waals surface area contributed by atoms with E-state index in [1.807, 2.05) is 18.2 Å². The highest BCUT2D eigenvalue weighted by atomic mass is 32.2. The molecule has 4 rings (SSSR count). The highest BCUT2D eigenvalue weighted by molar-refractivity contribution is 7.92. The summed E-state index contributed by atoms with van der Waals surface area (Å²) in [5.74, 6) is 1.09. The van der Waals surface area contributed by atoms with Crippen molar-refractivity contribution < 1.29 is 21.6 Å². The average molecular weight is 436 g/mol. The molecule has 0 saturated heterocycles. The van der Waals surface area contributed by atoms with Crippen LogP contribution in [-0.4, -0.2) is 28.3 Å². The predicted molar refractivity (Wildman–Crippen MR) is 104 cm³/mol. The summed E-state index contributed by atoms with van der Waals surface area (Å²) in [6, 6.07) is 11.6. The number of sulfone groups is 1. The Hall–Kier alpha value is -3.05. The van der Waals surface area contributed by atoms with Crippen LogP contribution in [0.3, 0.4) is 0 Å². The zero-order valence-corrected chi connectivity index (χ0v) is 16.0. The summed E-state index contributed by atoms with van der Waals surface area (Å²) in [4.78, 5) is 7.59. The third kappa shape index (κ3) is 3.66. The van der Waals surface area contributed by atoms with Gasteiger partial charge in [0.25, 0.3) is 9.84 Å². The monoisotopic (exact) mass is 436 g/mol. The van der Waals surface area contributed by atoms with E-state index in [9.17, 15) is 21.6 Å². The number of nitrogens with one attached hydrogen (secondary N) is 1. The molecule has 0 amide bonds. The lowest BCUT2D eigenvalue weighted by Gasteiger charge is -2.09. The van der Waals surface area contributed by atoms with Gasteiger partial charge >= 0.3 is 5.51 Å². The van der Waals surface area contributed by atoms with Crippen LogP contribution in [-0.2, 0) is 9.84 Å². The van der Waals surface area contributed by atoms with Crippen LogP contribution in [0.5, 0.6) is 0 Å². The Morgan fingerprint density at radius 2 is 1.66 bits per heavy atom. The van der Waals surface area contributed by atoms with E-state index in [1.165, 1.54) is 23.7 Å². The lowest BCUT2D eigenvalue weighted by Crippen LogP contribution is -2.23. The van der Waals surface area contributed by atoms with Gasteiger partial charge in [0.1, 0.15) is 0 Å². The van der Waals surface area contributed by atoms with Crippen molar-refractivity contribution in [3.8, 4) is 11.4 Å². The van der Waals surface area contributed by atoms with E-state index in [2.05, 4.69) is 19.7 Å². The standard InChI is InChI=1S/C18H11F3N4O2S2/c19-18(20,21)29(26,27)13-5-3-12(4-6-13)24-17-14-7-2-11(10-15(14)28-25-17)16-22-8-1-9-23-16/h1-10H,(H,24,25). The molecule has 2 aromatic carbocycles. The van der Waals surface area contributed by atoms with Crippen LogP contribution >= 0.6 is 11.5 Å². The molecule has 0 unspecified atom stereocenters. The number of alkyl halides is 3. The van der Waals surface area contributed by atoms with E-state index in [-0.39, 0.29) is 0 Å². The van der Waals surface area contributed by atoms with Gasteiger partial charge in [0.05, 0.1) is 9.60 Å². The van der Waals surface area contributed by atoms with Gasteiger partial charge in [-0.2, -0.15) is 17.5 Å². The normalized spacial score (nSPS) is 12.2. The first-order chi connectivity index (χ1) is 13.8. The minimum atomic E-state index is -5.37. The summed E-state index contributed by atoms with van der Waals surface area (Å²) in [5, 5.41) is 3.80. The quantitative estimate of drug-likeness (QED) is 0.495. The van der Waals surface area contributed by atoms with Crippen molar-refractivity contribution in [3.05, 3.63) is 60.9 Å². The molecular formula is C18H11F3N4O2S2. The number of hydrogen-bond acceptors (Lipinski definition) is 7. The third-order valence-corrected chi connectivity index (χ3v) is 6.34. The highest BCUT2D eigenvalue weighted by Crippen LogP contribution is 2.33. The van der Waals surface area contributed by atoms with Crippen LogP contribution in [0.25, 0.3) is 21.5 Å². The number of fused-ring (bicyclic) bond motifs is 1. The van der Waals surface area contributed by atoms with Crippen molar-refractivity contribution in [1.29, 1.82) is 0 Å². The van der Waals surface area contributed by atoms with Crippen molar-refractivity contribution in [2.24, 2.45) is 0 Å². The first kappa shape index (κ1) is 19.3. The largest absolute Gasteiger partial charge is 0.501 e. The molecule has 0 saturated carbocycles. The minimum Gasteiger partial charge on any atom is -0.339 e. The molecule has 4 aromatic rings. The van der Waals surface area contributed by atoms with Gasteiger partial charge in [-0.3, -0.25) is 0 Å². The summed E-state index contributed by atoms with van der Waals surface area (Å²) in [6.07, 6.45) is 3.30. The van der Waals surface area contributed by atoms with E-state index < -0.39 is 20.2 Å². The maximum atomic E-state index is 12.6. The number of nitrogens with zero attached hydrogens (tertiary/aromatic N) is 3. The summed E-state index contributed by atoms with van der Waals surface area (Å²) >= 11 is 1.24. The molecule has 0 fully saturated rings. The Morgan fingerprint density at radius 1 is 0.966 bits per heavy atom. The fourth-order valence-corrected chi connectivity index (χ4v) is 4.14. The average Bonchev–Trinajstić information content (AvgIpc) is 3.10. The first-order valence-corrected chi connectivity index (χ1v) is 10.4. The topological polar surface area (TPSA) is 84.8 Å². The lowest BCUT2D eigenvalue weighted by molar-refractivity contribution is -0.0436. The van der Waals surface area contributed by atoms with Crippen LogP contribution in [0.15, 0.2) is 65.8 Å². The molecule has 2 heterocycles. The van der Waals surface area contributed by atoms with Gasteiger partial charge in [-0.15, -0.1) is 0 Å². The molecule has 29 heavy (non-hydrogen) atoms. The van der Waals surface area contributed by atoms with Gasteiger partial charge in [0.2, 0.25) is 0 Å². The lowest BCUT2D eigenvalue weighted by atomic mass is 10.1. The molecule has 1 N–H and O–H groups in total. The second-order valence-electron chi connectivity index (χ2n) is 5.91. The van der Waals surface area contributed by atoms with E-state index in [0.717, 1.165) is 27.8 Å². The van der Waals surface area contributed by atoms with E-state index in [0.29, 0.717) is 17.3 Å². The smallest absolute Gasteiger partial charge is 0.339 e. The summed E-state index contributed by atoms with van der Waals surface area (Å²) in [5.41, 5.74) is -4.10. The second-order valence-corrected chi connectivity index (χ2v) is 8.66. The van der Waals surface area contributed by atoms with Gasteiger partial charge in [-0.1, -0.05) is 6.07 Å². The molecule has 0 spiro atoms.